The minimum Gasteiger partial charge on any atom is -0.493 e. The van der Waals surface area contributed by atoms with Crippen molar-refractivity contribution in [1.29, 1.82) is 0 Å². The van der Waals surface area contributed by atoms with Gasteiger partial charge in [0.2, 0.25) is 0 Å². The molecule has 3 nitrogen and oxygen atoms in total. The molecule has 0 aliphatic carbocycles. The Balaban J connectivity index is 1.78. The first-order valence-electron chi connectivity index (χ1n) is 6.86. The molecule has 2 rings (SSSR count). The Morgan fingerprint density at radius 1 is 1.47 bits per heavy atom. The van der Waals surface area contributed by atoms with Gasteiger partial charge in [0.25, 0.3) is 0 Å². The van der Waals surface area contributed by atoms with E-state index in [2.05, 4.69) is 23.5 Å². The lowest BCUT2D eigenvalue weighted by atomic mass is 10.1. The number of rotatable bonds is 8. The Morgan fingerprint density at radius 2 is 2.37 bits per heavy atom. The summed E-state index contributed by atoms with van der Waals surface area (Å²) in [5, 5.41) is 3.50. The molecule has 0 bridgehead atoms. The Bertz CT molecular complexity index is 392. The van der Waals surface area contributed by atoms with E-state index in [9.17, 15) is 0 Å². The zero-order valence-corrected chi connectivity index (χ0v) is 12.2. The largest absolute Gasteiger partial charge is 0.493 e. The van der Waals surface area contributed by atoms with Crippen LogP contribution in [0.3, 0.4) is 0 Å². The molecule has 1 aliphatic heterocycles. The van der Waals surface area contributed by atoms with Crippen molar-refractivity contribution in [3.8, 4) is 5.75 Å². The Kier molecular flexibility index (Phi) is 5.95. The molecular weight excluding hydrogens is 262 g/mol. The first-order valence-corrected chi connectivity index (χ1v) is 7.40. The smallest absolute Gasteiger partial charge is 0.122 e. The van der Waals surface area contributed by atoms with Gasteiger partial charge in [0.15, 0.2) is 0 Å². The topological polar surface area (TPSA) is 30.5 Å². The molecule has 1 atom stereocenters. The number of hydrogen-bond acceptors (Lipinski definition) is 3. The van der Waals surface area contributed by atoms with Crippen LogP contribution in [0, 0.1) is 0 Å². The summed E-state index contributed by atoms with van der Waals surface area (Å²) in [6, 6.07) is 6.85. The quantitative estimate of drug-likeness (QED) is 0.743. The maximum absolute atomic E-state index is 5.78. The highest BCUT2D eigenvalue weighted by Gasteiger charge is 2.12. The molecule has 1 unspecified atom stereocenters. The van der Waals surface area contributed by atoms with Crippen molar-refractivity contribution in [1.82, 2.24) is 5.32 Å². The van der Waals surface area contributed by atoms with Gasteiger partial charge in [-0.2, -0.15) is 0 Å². The van der Waals surface area contributed by atoms with Gasteiger partial charge in [-0.05, 0) is 36.6 Å². The van der Waals surface area contributed by atoms with Crippen molar-refractivity contribution in [2.24, 2.45) is 0 Å². The van der Waals surface area contributed by atoms with E-state index in [0.717, 1.165) is 38.2 Å². The normalized spacial score (nSPS) is 15.1. The van der Waals surface area contributed by atoms with E-state index < -0.39 is 0 Å². The van der Waals surface area contributed by atoms with Gasteiger partial charge in [-0.3, -0.25) is 0 Å². The van der Waals surface area contributed by atoms with Gasteiger partial charge in [0.1, 0.15) is 5.75 Å². The number of benzene rings is 1. The summed E-state index contributed by atoms with van der Waals surface area (Å²) in [7, 11) is 1.73. The summed E-state index contributed by atoms with van der Waals surface area (Å²) in [4.78, 5) is 0. The van der Waals surface area contributed by atoms with Crippen LogP contribution in [0.1, 0.15) is 17.5 Å². The molecule has 1 aromatic rings. The number of hydrogen-bond donors (Lipinski definition) is 1. The van der Waals surface area contributed by atoms with E-state index in [1.165, 1.54) is 11.1 Å². The maximum Gasteiger partial charge on any atom is 0.122 e. The molecule has 1 aromatic carbocycles. The van der Waals surface area contributed by atoms with Crippen LogP contribution < -0.4 is 10.1 Å². The van der Waals surface area contributed by atoms with Crippen molar-refractivity contribution in [3.05, 3.63) is 29.3 Å². The van der Waals surface area contributed by atoms with Crippen molar-refractivity contribution in [3.63, 3.8) is 0 Å². The third-order valence-corrected chi connectivity index (χ3v) is 3.64. The summed E-state index contributed by atoms with van der Waals surface area (Å²) in [5.74, 6) is 1.72. The van der Waals surface area contributed by atoms with Crippen LogP contribution in [0.5, 0.6) is 5.75 Å². The minimum absolute atomic E-state index is 0.347. The second kappa shape index (κ2) is 7.73. The molecule has 0 aromatic heterocycles. The second-order valence-electron chi connectivity index (χ2n) is 4.87. The summed E-state index contributed by atoms with van der Waals surface area (Å²) in [6.07, 6.45) is 3.00. The van der Waals surface area contributed by atoms with Gasteiger partial charge in [0.05, 0.1) is 13.2 Å². The summed E-state index contributed by atoms with van der Waals surface area (Å²) < 4.78 is 10.7. The average molecular weight is 284 g/mol. The Hall–Kier alpha value is -0.770. The lowest BCUT2D eigenvalue weighted by Crippen LogP contribution is -2.35. The van der Waals surface area contributed by atoms with E-state index in [4.69, 9.17) is 21.1 Å². The molecule has 1 aliphatic rings. The summed E-state index contributed by atoms with van der Waals surface area (Å²) in [6.45, 7) is 2.48. The zero-order valence-electron chi connectivity index (χ0n) is 11.5. The average Bonchev–Trinajstić information content (AvgIpc) is 2.86. The molecule has 19 heavy (non-hydrogen) atoms. The van der Waals surface area contributed by atoms with Crippen molar-refractivity contribution in [2.45, 2.75) is 25.3 Å². The number of halogens is 1. The SMILES string of the molecule is COCC(CCCl)NCCc1ccc2c(c1)CCO2. The predicted molar refractivity (Wildman–Crippen MR) is 78.3 cm³/mol. The number of nitrogens with one attached hydrogen (secondary N) is 1. The van der Waals surface area contributed by atoms with Gasteiger partial charge in [-0.15, -0.1) is 11.6 Å². The predicted octanol–water partition coefficient (Wildman–Crippen LogP) is 2.40. The first kappa shape index (κ1) is 14.6. The highest BCUT2D eigenvalue weighted by molar-refractivity contribution is 6.17. The van der Waals surface area contributed by atoms with Crippen LogP contribution in [0.15, 0.2) is 18.2 Å². The Labute approximate surface area is 120 Å². The van der Waals surface area contributed by atoms with E-state index in [1.54, 1.807) is 7.11 Å². The van der Waals surface area contributed by atoms with E-state index in [1.807, 2.05) is 0 Å². The number of ether oxygens (including phenoxy) is 2. The fraction of sp³-hybridized carbons (Fsp3) is 0.600. The van der Waals surface area contributed by atoms with E-state index in [0.29, 0.717) is 18.5 Å². The van der Waals surface area contributed by atoms with Crippen LogP contribution in [0.4, 0.5) is 0 Å². The molecule has 0 radical (unpaired) electrons. The van der Waals surface area contributed by atoms with Crippen molar-refractivity contribution < 1.29 is 9.47 Å². The molecule has 1 N–H and O–H groups in total. The van der Waals surface area contributed by atoms with Crippen LogP contribution in [0.25, 0.3) is 0 Å². The second-order valence-corrected chi connectivity index (χ2v) is 5.25. The molecular formula is C15H22ClNO2. The highest BCUT2D eigenvalue weighted by atomic mass is 35.5. The van der Waals surface area contributed by atoms with Crippen LogP contribution in [-0.2, 0) is 17.6 Å². The number of fused-ring (bicyclic) bond motifs is 1. The van der Waals surface area contributed by atoms with Gasteiger partial charge < -0.3 is 14.8 Å². The van der Waals surface area contributed by atoms with E-state index >= 15 is 0 Å². The monoisotopic (exact) mass is 283 g/mol. The minimum atomic E-state index is 0.347. The molecule has 0 fully saturated rings. The first-order chi connectivity index (χ1) is 9.33. The molecule has 1 heterocycles. The lowest BCUT2D eigenvalue weighted by Gasteiger charge is -2.16. The van der Waals surface area contributed by atoms with Gasteiger partial charge in [-0.1, -0.05) is 12.1 Å². The van der Waals surface area contributed by atoms with Crippen LogP contribution in [-0.4, -0.2) is 38.8 Å². The van der Waals surface area contributed by atoms with Gasteiger partial charge in [-0.25, -0.2) is 0 Å². The molecule has 0 saturated carbocycles. The number of alkyl halides is 1. The van der Waals surface area contributed by atoms with Crippen molar-refractivity contribution in [2.75, 3.05) is 32.7 Å². The standard InChI is InChI=1S/C15H22ClNO2/c1-18-11-14(4-7-16)17-8-5-12-2-3-15-13(10-12)6-9-19-15/h2-3,10,14,17H,4-9,11H2,1H3. The maximum atomic E-state index is 5.78. The molecule has 0 spiro atoms. The van der Waals surface area contributed by atoms with Gasteiger partial charge in [0, 0.05) is 25.5 Å². The van der Waals surface area contributed by atoms with Crippen molar-refractivity contribution >= 4 is 11.6 Å². The number of methoxy groups -OCH3 is 1. The van der Waals surface area contributed by atoms with E-state index in [-0.39, 0.29) is 0 Å². The third-order valence-electron chi connectivity index (χ3n) is 3.43. The molecule has 0 saturated heterocycles. The molecule has 106 valence electrons. The summed E-state index contributed by atoms with van der Waals surface area (Å²) in [5.41, 5.74) is 2.70. The van der Waals surface area contributed by atoms with Crippen LogP contribution >= 0.6 is 11.6 Å². The fourth-order valence-electron chi connectivity index (χ4n) is 2.39. The van der Waals surface area contributed by atoms with Gasteiger partial charge >= 0.3 is 0 Å². The zero-order chi connectivity index (χ0) is 13.5. The summed E-state index contributed by atoms with van der Waals surface area (Å²) >= 11 is 5.78. The van der Waals surface area contributed by atoms with Crippen LogP contribution in [0.2, 0.25) is 0 Å². The highest BCUT2D eigenvalue weighted by Crippen LogP contribution is 2.25. The fourth-order valence-corrected chi connectivity index (χ4v) is 2.66. The molecule has 4 heteroatoms. The lowest BCUT2D eigenvalue weighted by molar-refractivity contribution is 0.165. The Morgan fingerprint density at radius 3 is 3.16 bits per heavy atom. The third kappa shape index (κ3) is 4.37. The molecule has 0 amide bonds.